The predicted molar refractivity (Wildman–Crippen MR) is 62.0 cm³/mol. The van der Waals surface area contributed by atoms with Gasteiger partial charge in [-0.1, -0.05) is 13.8 Å². The van der Waals surface area contributed by atoms with E-state index in [0.29, 0.717) is 6.54 Å². The van der Waals surface area contributed by atoms with E-state index in [0.717, 1.165) is 12.8 Å². The Balaban J connectivity index is 3.66. The second-order valence-electron chi connectivity index (χ2n) is 4.06. The van der Waals surface area contributed by atoms with Gasteiger partial charge < -0.3 is 15.8 Å². The van der Waals surface area contributed by atoms with Crippen molar-refractivity contribution in [2.75, 3.05) is 19.8 Å². The van der Waals surface area contributed by atoms with E-state index in [1.165, 1.54) is 0 Å². The average molecular weight is 252 g/mol. The van der Waals surface area contributed by atoms with Crippen molar-refractivity contribution in [3.63, 3.8) is 0 Å². The first kappa shape index (κ1) is 16.2. The summed E-state index contributed by atoms with van der Waals surface area (Å²) in [5.74, 6) is -0.226. The van der Waals surface area contributed by atoms with Crippen LogP contribution in [0.15, 0.2) is 0 Å². The van der Waals surface area contributed by atoms with E-state index in [4.69, 9.17) is 5.73 Å². The maximum Gasteiger partial charge on any atom is 0.261 e. The summed E-state index contributed by atoms with van der Waals surface area (Å²) in [5.41, 5.74) is 5.60. The van der Waals surface area contributed by atoms with Crippen LogP contribution in [0.4, 0.5) is 8.78 Å². The van der Waals surface area contributed by atoms with Crippen molar-refractivity contribution in [1.29, 1.82) is 0 Å². The Morgan fingerprint density at radius 3 is 2.47 bits per heavy atom. The number of nitrogens with two attached hydrogens (primary N) is 1. The summed E-state index contributed by atoms with van der Waals surface area (Å²) in [6.45, 7) is 3.69. The third-order valence-corrected chi connectivity index (χ3v) is 2.76. The van der Waals surface area contributed by atoms with Gasteiger partial charge in [-0.25, -0.2) is 8.78 Å². The molecule has 0 radical (unpaired) electrons. The van der Waals surface area contributed by atoms with Crippen LogP contribution in [-0.2, 0) is 9.53 Å². The second kappa shape index (κ2) is 8.36. The minimum atomic E-state index is -2.49. The summed E-state index contributed by atoms with van der Waals surface area (Å²) in [6.07, 6.45) is -0.872. The highest BCUT2D eigenvalue weighted by Crippen LogP contribution is 2.09. The van der Waals surface area contributed by atoms with Gasteiger partial charge in [0.05, 0.1) is 6.61 Å². The summed E-state index contributed by atoms with van der Waals surface area (Å²) in [6, 6.07) is 0. The second-order valence-corrected chi connectivity index (χ2v) is 4.06. The lowest BCUT2D eigenvalue weighted by Crippen LogP contribution is -2.49. The minimum absolute atomic E-state index is 0.00595. The quantitative estimate of drug-likeness (QED) is 0.608. The molecular formula is C11H22F2N2O2. The van der Waals surface area contributed by atoms with E-state index in [9.17, 15) is 13.6 Å². The summed E-state index contributed by atoms with van der Waals surface area (Å²) in [5, 5.41) is 2.68. The van der Waals surface area contributed by atoms with Gasteiger partial charge in [0.25, 0.3) is 6.43 Å². The number of rotatable bonds is 9. The van der Waals surface area contributed by atoms with Crippen molar-refractivity contribution in [1.82, 2.24) is 5.32 Å². The molecule has 0 fully saturated rings. The van der Waals surface area contributed by atoms with E-state index in [1.54, 1.807) is 0 Å². The van der Waals surface area contributed by atoms with Crippen LogP contribution in [0.3, 0.4) is 0 Å². The Labute approximate surface area is 101 Å². The summed E-state index contributed by atoms with van der Waals surface area (Å²) in [4.78, 5) is 11.3. The molecule has 4 nitrogen and oxygen atoms in total. The topological polar surface area (TPSA) is 64.3 Å². The van der Waals surface area contributed by atoms with Crippen LogP contribution in [0, 0.1) is 0 Å². The molecule has 0 heterocycles. The first-order valence-electron chi connectivity index (χ1n) is 5.85. The number of ether oxygens (including phenoxy) is 1. The van der Waals surface area contributed by atoms with Gasteiger partial charge in [-0.3, -0.25) is 4.79 Å². The molecule has 1 amide bonds. The number of nitrogens with one attached hydrogen (secondary N) is 1. The number of carbonyl (C=O) groups is 1. The van der Waals surface area contributed by atoms with Gasteiger partial charge in [0.15, 0.2) is 0 Å². The van der Waals surface area contributed by atoms with Crippen molar-refractivity contribution >= 4 is 5.91 Å². The lowest BCUT2D eigenvalue weighted by Gasteiger charge is -2.26. The van der Waals surface area contributed by atoms with E-state index in [1.807, 2.05) is 13.8 Å². The molecule has 0 atom stereocenters. The Morgan fingerprint density at radius 1 is 1.41 bits per heavy atom. The van der Waals surface area contributed by atoms with Crippen LogP contribution in [0.25, 0.3) is 0 Å². The van der Waals surface area contributed by atoms with Gasteiger partial charge in [-0.05, 0) is 12.8 Å². The van der Waals surface area contributed by atoms with Gasteiger partial charge in [-0.2, -0.15) is 0 Å². The minimum Gasteiger partial charge on any atom is -0.375 e. The first-order chi connectivity index (χ1) is 7.93. The fourth-order valence-corrected chi connectivity index (χ4v) is 1.20. The fourth-order valence-electron chi connectivity index (χ4n) is 1.20. The number of amides is 1. The maximum absolute atomic E-state index is 11.7. The standard InChI is InChI=1S/C11H22F2N2O2/c1-3-11(14,4-2)8-15-10(16)5-6-17-7-9(12)13/h9H,3-8,14H2,1-2H3,(H,15,16). The highest BCUT2D eigenvalue weighted by molar-refractivity contribution is 5.76. The normalized spacial score (nSPS) is 11.9. The Morgan fingerprint density at radius 2 is 2.00 bits per heavy atom. The third-order valence-electron chi connectivity index (χ3n) is 2.76. The van der Waals surface area contributed by atoms with Crippen LogP contribution in [0.5, 0.6) is 0 Å². The van der Waals surface area contributed by atoms with Crippen molar-refractivity contribution in [3.8, 4) is 0 Å². The maximum atomic E-state index is 11.7. The fraction of sp³-hybridized carbons (Fsp3) is 0.909. The number of halogens is 2. The van der Waals surface area contributed by atoms with Crippen molar-refractivity contribution in [2.24, 2.45) is 5.73 Å². The molecular weight excluding hydrogens is 230 g/mol. The Bertz CT molecular complexity index is 222. The molecule has 0 unspecified atom stereocenters. The number of alkyl halides is 2. The van der Waals surface area contributed by atoms with Crippen LogP contribution in [0.2, 0.25) is 0 Å². The van der Waals surface area contributed by atoms with Crippen molar-refractivity contribution in [3.05, 3.63) is 0 Å². The van der Waals surface area contributed by atoms with Crippen molar-refractivity contribution in [2.45, 2.75) is 45.1 Å². The smallest absolute Gasteiger partial charge is 0.261 e. The first-order valence-corrected chi connectivity index (χ1v) is 5.85. The lowest BCUT2D eigenvalue weighted by molar-refractivity contribution is -0.122. The zero-order valence-corrected chi connectivity index (χ0v) is 10.5. The zero-order valence-electron chi connectivity index (χ0n) is 10.5. The van der Waals surface area contributed by atoms with Crippen LogP contribution in [0.1, 0.15) is 33.1 Å². The molecule has 0 aliphatic carbocycles. The Kier molecular flexibility index (Phi) is 7.99. The van der Waals surface area contributed by atoms with E-state index in [2.05, 4.69) is 10.1 Å². The molecule has 0 saturated carbocycles. The van der Waals surface area contributed by atoms with Crippen LogP contribution >= 0.6 is 0 Å². The van der Waals surface area contributed by atoms with Crippen LogP contribution in [-0.4, -0.2) is 37.6 Å². The summed E-state index contributed by atoms with van der Waals surface area (Å²) >= 11 is 0. The molecule has 17 heavy (non-hydrogen) atoms. The molecule has 6 heteroatoms. The lowest BCUT2D eigenvalue weighted by atomic mass is 9.94. The molecule has 0 aliphatic heterocycles. The summed E-state index contributed by atoms with van der Waals surface area (Å²) in [7, 11) is 0. The molecule has 0 aromatic heterocycles. The molecule has 0 saturated heterocycles. The molecule has 0 aromatic carbocycles. The SMILES string of the molecule is CCC(N)(CC)CNC(=O)CCOCC(F)F. The monoisotopic (exact) mass is 252 g/mol. The largest absolute Gasteiger partial charge is 0.375 e. The summed E-state index contributed by atoms with van der Waals surface area (Å²) < 4.78 is 28.0. The average Bonchev–Trinajstić information content (AvgIpc) is 2.31. The van der Waals surface area contributed by atoms with Gasteiger partial charge in [0.2, 0.25) is 5.91 Å². The van der Waals surface area contributed by atoms with Crippen molar-refractivity contribution < 1.29 is 18.3 Å². The molecule has 0 bridgehead atoms. The van der Waals surface area contributed by atoms with E-state index < -0.39 is 13.0 Å². The molecule has 3 N–H and O–H groups in total. The molecule has 0 aliphatic rings. The zero-order chi connectivity index (χ0) is 13.3. The molecule has 102 valence electrons. The number of hydrogen-bond donors (Lipinski definition) is 2. The molecule has 0 spiro atoms. The number of carbonyl (C=O) groups excluding carboxylic acids is 1. The Hall–Kier alpha value is -0.750. The van der Waals surface area contributed by atoms with E-state index in [-0.39, 0.29) is 24.5 Å². The van der Waals surface area contributed by atoms with E-state index >= 15 is 0 Å². The highest BCUT2D eigenvalue weighted by atomic mass is 19.3. The highest BCUT2D eigenvalue weighted by Gasteiger charge is 2.20. The third kappa shape index (κ3) is 8.04. The van der Waals surface area contributed by atoms with Crippen LogP contribution < -0.4 is 11.1 Å². The van der Waals surface area contributed by atoms with Gasteiger partial charge in [0, 0.05) is 18.5 Å². The van der Waals surface area contributed by atoms with Gasteiger partial charge >= 0.3 is 0 Å². The van der Waals surface area contributed by atoms with Gasteiger partial charge in [0.1, 0.15) is 6.61 Å². The van der Waals surface area contributed by atoms with Gasteiger partial charge in [-0.15, -0.1) is 0 Å². The molecule has 0 aromatic rings. The molecule has 0 rings (SSSR count). The predicted octanol–water partition coefficient (Wildman–Crippen LogP) is 1.29. The number of hydrogen-bond acceptors (Lipinski definition) is 3.